The van der Waals surface area contributed by atoms with Crippen molar-refractivity contribution in [2.24, 2.45) is 0 Å². The van der Waals surface area contributed by atoms with E-state index in [1.54, 1.807) is 4.90 Å². The largest absolute Gasteiger partial charge is 0.492 e. The first-order valence-electron chi connectivity index (χ1n) is 7.35. The van der Waals surface area contributed by atoms with Gasteiger partial charge in [0.1, 0.15) is 5.75 Å². The molecule has 0 saturated carbocycles. The highest BCUT2D eigenvalue weighted by Gasteiger charge is 2.23. The number of piperazine rings is 1. The van der Waals surface area contributed by atoms with Gasteiger partial charge in [0.15, 0.2) is 0 Å². The minimum Gasteiger partial charge on any atom is -0.492 e. The molecule has 1 amide bonds. The van der Waals surface area contributed by atoms with E-state index in [2.05, 4.69) is 4.90 Å². The van der Waals surface area contributed by atoms with Gasteiger partial charge < -0.3 is 25.0 Å². The number of hydrogen-bond acceptors (Lipinski definition) is 5. The number of hydrogen-bond donors (Lipinski definition) is 1. The highest BCUT2D eigenvalue weighted by atomic mass is 16.6. The van der Waals surface area contributed by atoms with Gasteiger partial charge in [0.05, 0.1) is 24.6 Å². The van der Waals surface area contributed by atoms with E-state index >= 15 is 0 Å². The predicted octanol–water partition coefficient (Wildman–Crippen LogP) is 1.95. The predicted molar refractivity (Wildman–Crippen MR) is 82.8 cm³/mol. The molecule has 21 heavy (non-hydrogen) atoms. The van der Waals surface area contributed by atoms with Gasteiger partial charge in [-0.2, -0.15) is 0 Å². The number of carbonyl (C=O) groups excluding carboxylic acids is 1. The second-order valence-corrected chi connectivity index (χ2v) is 4.79. The molecule has 0 radical (unpaired) electrons. The van der Waals surface area contributed by atoms with Gasteiger partial charge in [0, 0.05) is 26.2 Å². The highest BCUT2D eigenvalue weighted by molar-refractivity contribution is 5.75. The molecule has 0 bridgehead atoms. The molecule has 0 atom stereocenters. The topological polar surface area (TPSA) is 68.0 Å². The van der Waals surface area contributed by atoms with E-state index in [1.807, 2.05) is 32.0 Å². The van der Waals surface area contributed by atoms with Crippen molar-refractivity contribution in [1.29, 1.82) is 0 Å². The molecule has 0 aliphatic carbocycles. The Balaban J connectivity index is 2.02. The van der Waals surface area contributed by atoms with Crippen LogP contribution < -0.4 is 15.4 Å². The first-order valence-corrected chi connectivity index (χ1v) is 7.35. The molecular weight excluding hydrogens is 270 g/mol. The van der Waals surface area contributed by atoms with E-state index in [1.165, 1.54) is 0 Å². The molecule has 0 spiro atoms. The van der Waals surface area contributed by atoms with Gasteiger partial charge >= 0.3 is 6.09 Å². The summed E-state index contributed by atoms with van der Waals surface area (Å²) in [6.45, 7) is 7.48. The molecule has 1 fully saturated rings. The van der Waals surface area contributed by atoms with Crippen LogP contribution in [0.1, 0.15) is 13.8 Å². The summed E-state index contributed by atoms with van der Waals surface area (Å²) in [6, 6.07) is 5.80. The molecular formula is C15H23N3O3. The fourth-order valence-corrected chi connectivity index (χ4v) is 2.43. The average molecular weight is 293 g/mol. The third kappa shape index (κ3) is 3.51. The molecule has 1 aromatic rings. The Labute approximate surface area is 125 Å². The molecule has 1 aromatic carbocycles. The van der Waals surface area contributed by atoms with Gasteiger partial charge in [0.2, 0.25) is 0 Å². The van der Waals surface area contributed by atoms with E-state index < -0.39 is 0 Å². The van der Waals surface area contributed by atoms with Gasteiger partial charge in [-0.1, -0.05) is 6.07 Å². The van der Waals surface area contributed by atoms with Crippen LogP contribution in [-0.2, 0) is 4.74 Å². The van der Waals surface area contributed by atoms with Crippen LogP contribution in [0.15, 0.2) is 18.2 Å². The van der Waals surface area contributed by atoms with Crippen LogP contribution in [0.3, 0.4) is 0 Å². The molecule has 1 aliphatic heterocycles. The van der Waals surface area contributed by atoms with Crippen molar-refractivity contribution in [3.63, 3.8) is 0 Å². The SMILES string of the molecule is CCOC(=O)N1CCN(c2cccc(OCC)c2N)CC1. The third-order valence-electron chi connectivity index (χ3n) is 3.49. The normalized spacial score (nSPS) is 15.0. The van der Waals surface area contributed by atoms with E-state index in [9.17, 15) is 4.79 Å². The fourth-order valence-electron chi connectivity index (χ4n) is 2.43. The van der Waals surface area contributed by atoms with Gasteiger partial charge in [-0.3, -0.25) is 0 Å². The summed E-state index contributed by atoms with van der Waals surface area (Å²) >= 11 is 0. The third-order valence-corrected chi connectivity index (χ3v) is 3.49. The number of nitrogens with two attached hydrogens (primary N) is 1. The highest BCUT2D eigenvalue weighted by Crippen LogP contribution is 2.32. The number of benzene rings is 1. The molecule has 1 aliphatic rings. The summed E-state index contributed by atoms with van der Waals surface area (Å²) in [6.07, 6.45) is -0.242. The number of carbonyl (C=O) groups is 1. The summed E-state index contributed by atoms with van der Waals surface area (Å²) in [5, 5.41) is 0. The number of nitrogens with zero attached hydrogens (tertiary/aromatic N) is 2. The molecule has 2 N–H and O–H groups in total. The number of nitrogen functional groups attached to an aromatic ring is 1. The Morgan fingerprint density at radius 2 is 1.90 bits per heavy atom. The van der Waals surface area contributed by atoms with E-state index in [-0.39, 0.29) is 6.09 Å². The monoisotopic (exact) mass is 293 g/mol. The average Bonchev–Trinajstić information content (AvgIpc) is 2.50. The lowest BCUT2D eigenvalue weighted by Gasteiger charge is -2.36. The van der Waals surface area contributed by atoms with Gasteiger partial charge in [-0.25, -0.2) is 4.79 Å². The smallest absolute Gasteiger partial charge is 0.409 e. The number of ether oxygens (including phenoxy) is 2. The molecule has 0 aromatic heterocycles. The van der Waals surface area contributed by atoms with Crippen LogP contribution >= 0.6 is 0 Å². The lowest BCUT2D eigenvalue weighted by molar-refractivity contribution is 0.105. The summed E-state index contributed by atoms with van der Waals surface area (Å²) in [5.41, 5.74) is 7.79. The summed E-state index contributed by atoms with van der Waals surface area (Å²) in [7, 11) is 0. The maximum absolute atomic E-state index is 11.7. The molecule has 6 heteroatoms. The van der Waals surface area contributed by atoms with Crippen LogP contribution in [-0.4, -0.2) is 50.4 Å². The van der Waals surface area contributed by atoms with Crippen molar-refractivity contribution >= 4 is 17.5 Å². The molecule has 2 rings (SSSR count). The van der Waals surface area contributed by atoms with E-state index in [0.717, 1.165) is 18.8 Å². The molecule has 1 heterocycles. The zero-order chi connectivity index (χ0) is 15.2. The number of anilines is 2. The fraction of sp³-hybridized carbons (Fsp3) is 0.533. The Morgan fingerprint density at radius 1 is 1.19 bits per heavy atom. The first kappa shape index (κ1) is 15.3. The number of rotatable bonds is 4. The quantitative estimate of drug-likeness (QED) is 0.859. The lowest BCUT2D eigenvalue weighted by atomic mass is 10.2. The van der Waals surface area contributed by atoms with Crippen LogP contribution in [0.2, 0.25) is 0 Å². The molecule has 0 unspecified atom stereocenters. The minimum atomic E-state index is -0.242. The lowest BCUT2D eigenvalue weighted by Crippen LogP contribution is -2.49. The van der Waals surface area contributed by atoms with Gasteiger partial charge in [-0.15, -0.1) is 0 Å². The molecule has 1 saturated heterocycles. The molecule has 6 nitrogen and oxygen atoms in total. The van der Waals surface area contributed by atoms with E-state index in [4.69, 9.17) is 15.2 Å². The maximum Gasteiger partial charge on any atom is 0.409 e. The summed E-state index contributed by atoms with van der Waals surface area (Å²) in [4.78, 5) is 15.6. The van der Waals surface area contributed by atoms with Crippen molar-refractivity contribution < 1.29 is 14.3 Å². The van der Waals surface area contributed by atoms with Gasteiger partial charge in [0.25, 0.3) is 0 Å². The zero-order valence-corrected chi connectivity index (χ0v) is 12.7. The molecule has 116 valence electrons. The second-order valence-electron chi connectivity index (χ2n) is 4.79. The van der Waals surface area contributed by atoms with Crippen molar-refractivity contribution in [3.8, 4) is 5.75 Å². The van der Waals surface area contributed by atoms with E-state index in [0.29, 0.717) is 37.7 Å². The van der Waals surface area contributed by atoms with Crippen LogP contribution in [0, 0.1) is 0 Å². The number of amides is 1. The standard InChI is InChI=1S/C15H23N3O3/c1-3-20-13-7-5-6-12(14(13)16)17-8-10-18(11-9-17)15(19)21-4-2/h5-7H,3-4,8-11,16H2,1-2H3. The maximum atomic E-state index is 11.7. The summed E-state index contributed by atoms with van der Waals surface area (Å²) < 4.78 is 10.5. The van der Waals surface area contributed by atoms with Crippen molar-refractivity contribution in [3.05, 3.63) is 18.2 Å². The Bertz CT molecular complexity index is 485. The van der Waals surface area contributed by atoms with Crippen molar-refractivity contribution in [1.82, 2.24) is 4.90 Å². The van der Waals surface area contributed by atoms with Crippen molar-refractivity contribution in [2.75, 3.05) is 50.0 Å². The van der Waals surface area contributed by atoms with Gasteiger partial charge in [-0.05, 0) is 26.0 Å². The Hall–Kier alpha value is -2.11. The minimum absolute atomic E-state index is 0.242. The van der Waals surface area contributed by atoms with Crippen molar-refractivity contribution in [2.45, 2.75) is 13.8 Å². The summed E-state index contributed by atoms with van der Waals surface area (Å²) in [5.74, 6) is 0.711. The first-order chi connectivity index (χ1) is 10.2. The van der Waals surface area contributed by atoms with Crippen LogP contribution in [0.25, 0.3) is 0 Å². The number of para-hydroxylation sites is 1. The Kier molecular flexibility index (Phi) is 5.14. The zero-order valence-electron chi connectivity index (χ0n) is 12.7. The second kappa shape index (κ2) is 7.06. The van der Waals surface area contributed by atoms with Crippen LogP contribution in [0.5, 0.6) is 5.75 Å². The van der Waals surface area contributed by atoms with Crippen LogP contribution in [0.4, 0.5) is 16.2 Å². The Morgan fingerprint density at radius 3 is 2.52 bits per heavy atom.